The summed E-state index contributed by atoms with van der Waals surface area (Å²) in [6.07, 6.45) is 12.8. The minimum Gasteiger partial charge on any atom is -0.455 e. The number of hydrogen-bond acceptors (Lipinski definition) is 4. The maximum atomic E-state index is 13.6. The number of terminal acetylenes is 1. The molecule has 2 unspecified atom stereocenters. The molecule has 1 aromatic heterocycles. The number of halogens is 1. The molecule has 3 aromatic rings. The average Bonchev–Trinajstić information content (AvgIpc) is 3.61. The van der Waals surface area contributed by atoms with Crippen LogP contribution in [0.15, 0.2) is 65.2 Å². The molecule has 6 nitrogen and oxygen atoms in total. The van der Waals surface area contributed by atoms with Gasteiger partial charge in [-0.1, -0.05) is 38.0 Å². The van der Waals surface area contributed by atoms with Gasteiger partial charge in [0.05, 0.1) is 11.6 Å². The van der Waals surface area contributed by atoms with Gasteiger partial charge < -0.3 is 20.4 Å². The van der Waals surface area contributed by atoms with Crippen molar-refractivity contribution in [3.63, 3.8) is 0 Å². The molecule has 2 aromatic carbocycles. The molecule has 0 saturated heterocycles. The maximum absolute atomic E-state index is 13.6. The van der Waals surface area contributed by atoms with Crippen molar-refractivity contribution in [3.8, 4) is 23.7 Å². The Labute approximate surface area is 226 Å². The van der Waals surface area contributed by atoms with Crippen LogP contribution in [0.3, 0.4) is 0 Å². The molecule has 0 radical (unpaired) electrons. The summed E-state index contributed by atoms with van der Waals surface area (Å²) in [5.41, 5.74) is 3.18. The molecule has 5 rings (SSSR count). The molecule has 2 amide bonds. The van der Waals surface area contributed by atoms with E-state index in [1.807, 2.05) is 50.4 Å². The molecule has 2 heterocycles. The minimum atomic E-state index is -0.702. The smallest absolute Gasteiger partial charge is 0.255 e. The van der Waals surface area contributed by atoms with E-state index < -0.39 is 5.54 Å². The number of carbonyl (C=O) groups excluding carboxylic acids is 2. The zero-order valence-electron chi connectivity index (χ0n) is 22.1. The van der Waals surface area contributed by atoms with E-state index in [-0.39, 0.29) is 29.6 Å². The van der Waals surface area contributed by atoms with Crippen molar-refractivity contribution in [2.24, 2.45) is 0 Å². The normalized spacial score (nSPS) is 17.4. The first-order valence-electron chi connectivity index (χ1n) is 13.0. The molecule has 2 atom stereocenters. The molecule has 7 heteroatoms. The minimum absolute atomic E-state index is 0.156. The van der Waals surface area contributed by atoms with Gasteiger partial charge in [0.15, 0.2) is 0 Å². The second kappa shape index (κ2) is 10.3. The fourth-order valence-electron chi connectivity index (χ4n) is 5.33. The van der Waals surface area contributed by atoms with Crippen molar-refractivity contribution in [1.82, 2.24) is 16.0 Å². The van der Waals surface area contributed by atoms with Gasteiger partial charge in [0.1, 0.15) is 22.5 Å². The molecule has 198 valence electrons. The van der Waals surface area contributed by atoms with E-state index in [4.69, 9.17) is 10.8 Å². The molecule has 0 fully saturated rings. The number of furan rings is 1. The molecule has 2 aliphatic rings. The summed E-state index contributed by atoms with van der Waals surface area (Å²) < 4.78 is 19.9. The number of amides is 2. The van der Waals surface area contributed by atoms with Crippen LogP contribution in [0.4, 0.5) is 4.39 Å². The molecule has 1 aliphatic heterocycles. The second-order valence-electron chi connectivity index (χ2n) is 9.77. The highest BCUT2D eigenvalue weighted by Gasteiger charge is 2.34. The Bertz CT molecular complexity index is 1640. The van der Waals surface area contributed by atoms with Crippen molar-refractivity contribution in [1.29, 1.82) is 0 Å². The molecule has 0 saturated carbocycles. The van der Waals surface area contributed by atoms with Gasteiger partial charge in [-0.2, -0.15) is 0 Å². The number of rotatable bonds is 7. The Morgan fingerprint density at radius 2 is 1.87 bits per heavy atom. The van der Waals surface area contributed by atoms with Gasteiger partial charge in [0.2, 0.25) is 0 Å². The van der Waals surface area contributed by atoms with E-state index in [1.54, 1.807) is 25.2 Å². The molecule has 3 N–H and O–H groups in total. The lowest BCUT2D eigenvalue weighted by molar-refractivity contribution is 0.0915. The van der Waals surface area contributed by atoms with E-state index >= 15 is 0 Å². The highest BCUT2D eigenvalue weighted by molar-refractivity contribution is 6.00. The lowest BCUT2D eigenvalue weighted by Gasteiger charge is -2.28. The monoisotopic (exact) mass is 523 g/mol. The van der Waals surface area contributed by atoms with Gasteiger partial charge in [0, 0.05) is 34.9 Å². The van der Waals surface area contributed by atoms with Crippen LogP contribution >= 0.6 is 0 Å². The third kappa shape index (κ3) is 4.52. The summed E-state index contributed by atoms with van der Waals surface area (Å²) >= 11 is 0. The van der Waals surface area contributed by atoms with Crippen LogP contribution < -0.4 is 26.6 Å². The predicted molar refractivity (Wildman–Crippen MR) is 149 cm³/mol. The fraction of sp³-hybridized carbons (Fsp3) is 0.250. The number of nitrogens with one attached hydrogen (secondary N) is 3. The highest BCUT2D eigenvalue weighted by Crippen LogP contribution is 2.33. The SMILES string of the molecule is C#CC(CC)(CC)NC(=O)c1cccc(C2C=c3c(C(=O)NC)c(-c4ccc(F)cc4)oc3=C3C=CNC32)c1. The van der Waals surface area contributed by atoms with Gasteiger partial charge >= 0.3 is 0 Å². The highest BCUT2D eigenvalue weighted by atomic mass is 19.1. The van der Waals surface area contributed by atoms with Crippen LogP contribution in [-0.2, 0) is 0 Å². The summed E-state index contributed by atoms with van der Waals surface area (Å²) in [6.45, 7) is 3.92. The predicted octanol–water partition coefficient (Wildman–Crippen LogP) is 3.58. The summed E-state index contributed by atoms with van der Waals surface area (Å²) in [6, 6.07) is 13.2. The molecule has 0 spiro atoms. The van der Waals surface area contributed by atoms with E-state index in [9.17, 15) is 14.0 Å². The van der Waals surface area contributed by atoms with Crippen molar-refractivity contribution < 1.29 is 18.4 Å². The van der Waals surface area contributed by atoms with Gasteiger partial charge in [-0.05, 0) is 67.1 Å². The van der Waals surface area contributed by atoms with Crippen LogP contribution in [0.25, 0.3) is 23.0 Å². The van der Waals surface area contributed by atoms with Gasteiger partial charge in [0.25, 0.3) is 11.8 Å². The van der Waals surface area contributed by atoms with Gasteiger partial charge in [-0.25, -0.2) is 4.39 Å². The number of benzene rings is 2. The van der Waals surface area contributed by atoms with E-state index in [2.05, 4.69) is 21.9 Å². The largest absolute Gasteiger partial charge is 0.455 e. The fourth-order valence-corrected chi connectivity index (χ4v) is 5.33. The number of hydrogen-bond donors (Lipinski definition) is 3. The standard InChI is InChI=1S/C32H30FN3O3/c1-5-32(6-2,7-3)36-30(37)21-10-8-9-20(17-21)24-18-25-26(31(38)34-4)28(19-11-13-22(33)14-12-19)39-29(25)23-15-16-35-27(23)24/h1,8-18,24,27,35H,6-7H2,2-4H3,(H,34,38)(H,36,37). The average molecular weight is 524 g/mol. The van der Waals surface area contributed by atoms with Crippen molar-refractivity contribution in [3.05, 3.63) is 93.9 Å². The zero-order valence-corrected chi connectivity index (χ0v) is 22.1. The summed E-state index contributed by atoms with van der Waals surface area (Å²) in [7, 11) is 1.56. The Kier molecular flexibility index (Phi) is 6.88. The molecule has 0 bridgehead atoms. The lowest BCUT2D eigenvalue weighted by Crippen LogP contribution is -2.46. The Hall–Kier alpha value is -4.57. The molecular formula is C32H30FN3O3. The van der Waals surface area contributed by atoms with Crippen molar-refractivity contribution in [2.45, 2.75) is 44.2 Å². The van der Waals surface area contributed by atoms with Crippen molar-refractivity contribution in [2.75, 3.05) is 7.05 Å². The third-order valence-electron chi connectivity index (χ3n) is 7.72. The maximum Gasteiger partial charge on any atom is 0.255 e. The van der Waals surface area contributed by atoms with Crippen LogP contribution in [0.5, 0.6) is 0 Å². The Morgan fingerprint density at radius 3 is 2.54 bits per heavy atom. The first-order chi connectivity index (χ1) is 18.8. The second-order valence-corrected chi connectivity index (χ2v) is 9.77. The first kappa shape index (κ1) is 26.1. The summed E-state index contributed by atoms with van der Waals surface area (Å²) in [4.78, 5) is 26.3. The summed E-state index contributed by atoms with van der Waals surface area (Å²) in [5.74, 6) is 2.01. The van der Waals surface area contributed by atoms with Crippen LogP contribution in [-0.4, -0.2) is 30.4 Å². The first-order valence-corrected chi connectivity index (χ1v) is 13.0. The quantitative estimate of drug-likeness (QED) is 0.414. The van der Waals surface area contributed by atoms with Gasteiger partial charge in [-0.3, -0.25) is 9.59 Å². The molecule has 1 aliphatic carbocycles. The topological polar surface area (TPSA) is 83.4 Å². The molecular weight excluding hydrogens is 493 g/mol. The zero-order chi connectivity index (χ0) is 27.7. The molecule has 39 heavy (non-hydrogen) atoms. The third-order valence-corrected chi connectivity index (χ3v) is 7.72. The number of carbonyl (C=O) groups is 2. The van der Waals surface area contributed by atoms with E-state index in [0.717, 1.165) is 11.1 Å². The van der Waals surface area contributed by atoms with Crippen LogP contribution in [0.2, 0.25) is 0 Å². The van der Waals surface area contributed by atoms with E-state index in [0.29, 0.717) is 45.9 Å². The summed E-state index contributed by atoms with van der Waals surface area (Å²) in [5, 5.41) is 9.80. The van der Waals surface area contributed by atoms with Crippen LogP contribution in [0.1, 0.15) is 58.9 Å². The lowest BCUT2D eigenvalue weighted by atomic mass is 9.83. The van der Waals surface area contributed by atoms with Crippen molar-refractivity contribution >= 4 is 23.5 Å². The van der Waals surface area contributed by atoms with E-state index in [1.165, 1.54) is 12.1 Å². The Balaban J connectivity index is 1.63. The van der Waals surface area contributed by atoms with Crippen LogP contribution in [0, 0.1) is 18.2 Å². The number of fused-ring (bicyclic) bond motifs is 2. The van der Waals surface area contributed by atoms with Gasteiger partial charge in [-0.15, -0.1) is 6.42 Å². The Morgan fingerprint density at radius 1 is 1.13 bits per heavy atom.